The van der Waals surface area contributed by atoms with Gasteiger partial charge in [0.1, 0.15) is 0 Å². The second-order valence-electron chi connectivity index (χ2n) is 3.45. The van der Waals surface area contributed by atoms with Gasteiger partial charge in [-0.15, -0.1) is 5.10 Å². The van der Waals surface area contributed by atoms with Crippen LogP contribution in [0.3, 0.4) is 0 Å². The molecule has 2 aromatic rings. The third-order valence-corrected chi connectivity index (χ3v) is 2.77. The van der Waals surface area contributed by atoms with Crippen molar-refractivity contribution in [2.75, 3.05) is 12.0 Å². The fourth-order valence-electron chi connectivity index (χ4n) is 1.30. The molecule has 0 saturated heterocycles. The van der Waals surface area contributed by atoms with Gasteiger partial charge in [0.2, 0.25) is 5.69 Å². The maximum atomic E-state index is 11.5. The zero-order valence-corrected chi connectivity index (χ0v) is 11.1. The number of aromatic nitrogens is 2. The normalized spacial score (nSPS) is 10.6. The number of carbonyl (C=O) groups is 1. The van der Waals surface area contributed by atoms with E-state index < -0.39 is 5.97 Å². The molecule has 0 spiro atoms. The van der Waals surface area contributed by atoms with E-state index in [4.69, 9.17) is 4.74 Å². The molecular formula is C12H12N4O2S. The van der Waals surface area contributed by atoms with Crippen LogP contribution in [0.25, 0.3) is 0 Å². The molecule has 7 heteroatoms. The zero-order chi connectivity index (χ0) is 13.5. The largest absolute Gasteiger partial charge is 0.461 e. The molecule has 2 rings (SSSR count). The Balaban J connectivity index is 2.02. The van der Waals surface area contributed by atoms with Gasteiger partial charge in [-0.3, -0.25) is 5.43 Å². The molecule has 0 aliphatic carbocycles. The average Bonchev–Trinajstić information content (AvgIpc) is 2.89. The summed E-state index contributed by atoms with van der Waals surface area (Å²) in [6.45, 7) is 2.03. The van der Waals surface area contributed by atoms with Gasteiger partial charge in [-0.1, -0.05) is 34.8 Å². The van der Waals surface area contributed by atoms with Crippen LogP contribution >= 0.6 is 11.5 Å². The minimum absolute atomic E-state index is 0.150. The highest BCUT2D eigenvalue weighted by Gasteiger charge is 2.17. The van der Waals surface area contributed by atoms with Crippen molar-refractivity contribution in [1.82, 2.24) is 9.59 Å². The van der Waals surface area contributed by atoms with Crippen molar-refractivity contribution < 1.29 is 9.53 Å². The maximum absolute atomic E-state index is 11.5. The van der Waals surface area contributed by atoms with Gasteiger partial charge in [0.15, 0.2) is 5.00 Å². The van der Waals surface area contributed by atoms with Crippen molar-refractivity contribution in [1.29, 1.82) is 0 Å². The molecular weight excluding hydrogens is 264 g/mol. The van der Waals surface area contributed by atoms with Crippen molar-refractivity contribution in [3.05, 3.63) is 41.6 Å². The van der Waals surface area contributed by atoms with Crippen LogP contribution in [0.5, 0.6) is 0 Å². The van der Waals surface area contributed by atoms with Crippen LogP contribution in [0.2, 0.25) is 0 Å². The summed E-state index contributed by atoms with van der Waals surface area (Å²) in [5.74, 6) is -0.506. The first-order valence-electron chi connectivity index (χ1n) is 5.65. The highest BCUT2D eigenvalue weighted by Crippen LogP contribution is 2.18. The van der Waals surface area contributed by atoms with E-state index in [1.807, 2.05) is 30.3 Å². The summed E-state index contributed by atoms with van der Waals surface area (Å²) in [5, 5.41) is 8.22. The summed E-state index contributed by atoms with van der Waals surface area (Å²) in [4.78, 5) is 11.5. The lowest BCUT2D eigenvalue weighted by atomic mass is 10.2. The number of benzene rings is 1. The van der Waals surface area contributed by atoms with Gasteiger partial charge < -0.3 is 4.74 Å². The topological polar surface area (TPSA) is 76.5 Å². The molecule has 0 saturated carbocycles. The summed E-state index contributed by atoms with van der Waals surface area (Å²) in [7, 11) is 0. The number of anilines is 1. The molecule has 1 N–H and O–H groups in total. The summed E-state index contributed by atoms with van der Waals surface area (Å²) in [6, 6.07) is 9.60. The zero-order valence-electron chi connectivity index (χ0n) is 10.2. The molecule has 1 aromatic heterocycles. The van der Waals surface area contributed by atoms with Crippen LogP contribution < -0.4 is 5.43 Å². The Kier molecular flexibility index (Phi) is 4.57. The minimum atomic E-state index is -0.506. The van der Waals surface area contributed by atoms with E-state index in [0.717, 1.165) is 17.1 Å². The third-order valence-electron chi connectivity index (χ3n) is 2.14. The molecule has 0 amide bonds. The predicted molar refractivity (Wildman–Crippen MR) is 73.5 cm³/mol. The molecule has 0 fully saturated rings. The highest BCUT2D eigenvalue weighted by molar-refractivity contribution is 7.10. The maximum Gasteiger partial charge on any atom is 0.362 e. The summed E-state index contributed by atoms with van der Waals surface area (Å²) in [6.07, 6.45) is 1.65. The summed E-state index contributed by atoms with van der Waals surface area (Å²) < 4.78 is 8.57. The highest BCUT2D eigenvalue weighted by atomic mass is 32.1. The Morgan fingerprint density at radius 1 is 1.47 bits per heavy atom. The molecule has 0 radical (unpaired) electrons. The molecule has 98 valence electrons. The molecule has 0 atom stereocenters. The van der Waals surface area contributed by atoms with Crippen LogP contribution in [-0.2, 0) is 4.74 Å². The number of hydrogen-bond acceptors (Lipinski definition) is 7. The van der Waals surface area contributed by atoms with Gasteiger partial charge in [-0.05, 0) is 12.5 Å². The van der Waals surface area contributed by atoms with Crippen molar-refractivity contribution in [2.24, 2.45) is 5.10 Å². The van der Waals surface area contributed by atoms with Gasteiger partial charge in [0.05, 0.1) is 12.8 Å². The van der Waals surface area contributed by atoms with Crippen molar-refractivity contribution in [3.8, 4) is 0 Å². The quantitative estimate of drug-likeness (QED) is 0.514. The number of hydrazone groups is 1. The second-order valence-corrected chi connectivity index (χ2v) is 4.21. The van der Waals surface area contributed by atoms with Crippen LogP contribution in [0.4, 0.5) is 5.00 Å². The van der Waals surface area contributed by atoms with Gasteiger partial charge in [-0.2, -0.15) is 5.10 Å². The molecule has 0 aliphatic rings. The van der Waals surface area contributed by atoms with E-state index >= 15 is 0 Å². The summed E-state index contributed by atoms with van der Waals surface area (Å²) >= 11 is 1.05. The molecule has 0 bridgehead atoms. The minimum Gasteiger partial charge on any atom is -0.461 e. The van der Waals surface area contributed by atoms with E-state index in [0.29, 0.717) is 11.6 Å². The van der Waals surface area contributed by atoms with E-state index in [2.05, 4.69) is 20.1 Å². The molecule has 0 unspecified atom stereocenters. The van der Waals surface area contributed by atoms with Gasteiger partial charge >= 0.3 is 5.97 Å². The van der Waals surface area contributed by atoms with Crippen LogP contribution in [0.15, 0.2) is 35.4 Å². The SMILES string of the molecule is CCOC(=O)c1nnsc1N/N=C/c1ccccc1. The molecule has 1 heterocycles. The number of esters is 1. The number of ether oxygens (including phenoxy) is 1. The first-order chi connectivity index (χ1) is 9.31. The number of nitrogens with zero attached hydrogens (tertiary/aromatic N) is 3. The van der Waals surface area contributed by atoms with E-state index in [-0.39, 0.29) is 5.69 Å². The number of rotatable bonds is 5. The number of hydrogen-bond donors (Lipinski definition) is 1. The lowest BCUT2D eigenvalue weighted by Crippen LogP contribution is -2.07. The lowest BCUT2D eigenvalue weighted by Gasteiger charge is -2.00. The molecule has 1 aromatic carbocycles. The van der Waals surface area contributed by atoms with E-state index in [1.165, 1.54) is 0 Å². The molecule has 0 aliphatic heterocycles. The fourth-order valence-corrected chi connectivity index (χ4v) is 1.81. The monoisotopic (exact) mass is 276 g/mol. The predicted octanol–water partition coefficient (Wildman–Crippen LogP) is 2.16. The second kappa shape index (κ2) is 6.60. The van der Waals surface area contributed by atoms with Crippen LogP contribution in [-0.4, -0.2) is 28.4 Å². The van der Waals surface area contributed by atoms with Crippen molar-refractivity contribution in [2.45, 2.75) is 6.92 Å². The molecule has 6 nitrogen and oxygen atoms in total. The Hall–Kier alpha value is -2.28. The van der Waals surface area contributed by atoms with Gasteiger partial charge in [0, 0.05) is 11.5 Å². The fraction of sp³-hybridized carbons (Fsp3) is 0.167. The number of nitrogens with one attached hydrogen (secondary N) is 1. The Morgan fingerprint density at radius 3 is 3.00 bits per heavy atom. The lowest BCUT2D eigenvalue weighted by molar-refractivity contribution is 0.0520. The Labute approximate surface area is 114 Å². The van der Waals surface area contributed by atoms with Gasteiger partial charge in [0.25, 0.3) is 0 Å². The Morgan fingerprint density at radius 2 is 2.26 bits per heavy atom. The van der Waals surface area contributed by atoms with Crippen LogP contribution in [0, 0.1) is 0 Å². The number of carbonyl (C=O) groups excluding carboxylic acids is 1. The van der Waals surface area contributed by atoms with E-state index in [9.17, 15) is 4.79 Å². The van der Waals surface area contributed by atoms with Crippen LogP contribution in [0.1, 0.15) is 23.0 Å². The molecule has 19 heavy (non-hydrogen) atoms. The van der Waals surface area contributed by atoms with Crippen molar-refractivity contribution >= 4 is 28.7 Å². The van der Waals surface area contributed by atoms with Gasteiger partial charge in [-0.25, -0.2) is 4.79 Å². The average molecular weight is 276 g/mol. The summed E-state index contributed by atoms with van der Waals surface area (Å²) in [5.41, 5.74) is 3.84. The first kappa shape index (κ1) is 13.2. The smallest absolute Gasteiger partial charge is 0.362 e. The third kappa shape index (κ3) is 3.59. The van der Waals surface area contributed by atoms with E-state index in [1.54, 1.807) is 13.1 Å². The standard InChI is InChI=1S/C12H12N4O2S/c1-2-18-12(17)10-11(19-16-14-10)15-13-8-9-6-4-3-5-7-9/h3-8,15H,2H2,1H3/b13-8+. The Bertz CT molecular complexity index is 568. The van der Waals surface area contributed by atoms with Crippen molar-refractivity contribution in [3.63, 3.8) is 0 Å². The first-order valence-corrected chi connectivity index (χ1v) is 6.42.